The summed E-state index contributed by atoms with van der Waals surface area (Å²) in [7, 11) is 1.50. The van der Waals surface area contributed by atoms with Gasteiger partial charge >= 0.3 is 0 Å². The Bertz CT molecular complexity index is 454. The van der Waals surface area contributed by atoms with Gasteiger partial charge in [-0.15, -0.1) is 12.4 Å². The van der Waals surface area contributed by atoms with E-state index in [-0.39, 0.29) is 35.8 Å². The summed E-state index contributed by atoms with van der Waals surface area (Å²) < 4.78 is 5.15. The predicted molar refractivity (Wildman–Crippen MR) is 85.8 cm³/mol. The molecule has 21 heavy (non-hydrogen) atoms. The number of methoxy groups -OCH3 is 1. The van der Waals surface area contributed by atoms with Crippen LogP contribution in [0.2, 0.25) is 5.02 Å². The largest absolute Gasteiger partial charge is 0.503 e. The average Bonchev–Trinajstić information content (AvgIpc) is 2.48. The number of rotatable bonds is 5. The Kier molecular flexibility index (Phi) is 7.56. The van der Waals surface area contributed by atoms with Crippen molar-refractivity contribution in [3.05, 3.63) is 22.7 Å². The van der Waals surface area contributed by atoms with Crippen molar-refractivity contribution in [1.29, 1.82) is 0 Å². The lowest BCUT2D eigenvalue weighted by atomic mass is 10.0. The van der Waals surface area contributed by atoms with Crippen LogP contribution in [0.25, 0.3) is 0 Å². The normalized spacial score (nSPS) is 17.1. The Morgan fingerprint density at radius 2 is 2.05 bits per heavy atom. The number of nitrogens with one attached hydrogen (secondary N) is 1. The molecule has 0 aromatic heterocycles. The van der Waals surface area contributed by atoms with Crippen LogP contribution < -0.4 is 10.1 Å². The highest BCUT2D eigenvalue weighted by molar-refractivity contribution is 6.32. The summed E-state index contributed by atoms with van der Waals surface area (Å²) in [5.41, 5.74) is 0.959. The molecule has 5 nitrogen and oxygen atoms in total. The maximum Gasteiger partial charge on any atom is 0.176 e. The zero-order valence-electron chi connectivity index (χ0n) is 12.0. The summed E-state index contributed by atoms with van der Waals surface area (Å²) in [4.78, 5) is 2.31. The monoisotopic (exact) mass is 336 g/mol. The van der Waals surface area contributed by atoms with E-state index in [1.54, 1.807) is 12.1 Å². The molecule has 0 bridgehead atoms. The molecule has 1 aliphatic rings. The van der Waals surface area contributed by atoms with Crippen molar-refractivity contribution in [1.82, 2.24) is 10.2 Å². The van der Waals surface area contributed by atoms with Crippen LogP contribution >= 0.6 is 24.0 Å². The highest BCUT2D eigenvalue weighted by Crippen LogP contribution is 2.38. The van der Waals surface area contributed by atoms with E-state index in [9.17, 15) is 10.2 Å². The summed E-state index contributed by atoms with van der Waals surface area (Å²) in [6, 6.07) is 3.62. The molecule has 2 rings (SSSR count). The molecule has 0 aliphatic carbocycles. The van der Waals surface area contributed by atoms with Crippen molar-refractivity contribution in [2.24, 2.45) is 0 Å². The van der Waals surface area contributed by atoms with Crippen LogP contribution in [0.15, 0.2) is 12.1 Å². The molecule has 3 N–H and O–H groups in total. The van der Waals surface area contributed by atoms with E-state index in [1.165, 1.54) is 7.11 Å². The van der Waals surface area contributed by atoms with Crippen LogP contribution in [0.4, 0.5) is 0 Å². The van der Waals surface area contributed by atoms with Crippen LogP contribution in [-0.4, -0.2) is 55.0 Å². The number of hydrogen-bond acceptors (Lipinski definition) is 5. The van der Waals surface area contributed by atoms with Gasteiger partial charge in [0.05, 0.1) is 12.1 Å². The summed E-state index contributed by atoms with van der Waals surface area (Å²) in [5, 5.41) is 22.7. The van der Waals surface area contributed by atoms with Gasteiger partial charge in [-0.25, -0.2) is 0 Å². The second-order valence-electron chi connectivity index (χ2n) is 4.87. The van der Waals surface area contributed by atoms with Crippen LogP contribution in [0.1, 0.15) is 18.0 Å². The minimum atomic E-state index is -0.0408. The van der Waals surface area contributed by atoms with Gasteiger partial charge in [0.1, 0.15) is 0 Å². The van der Waals surface area contributed by atoms with Gasteiger partial charge < -0.3 is 20.3 Å². The molecule has 1 atom stereocenters. The van der Waals surface area contributed by atoms with Crippen LogP contribution in [0.3, 0.4) is 0 Å². The number of ether oxygens (including phenoxy) is 1. The van der Waals surface area contributed by atoms with Crippen molar-refractivity contribution < 1.29 is 14.9 Å². The molecule has 0 radical (unpaired) electrons. The van der Waals surface area contributed by atoms with Crippen molar-refractivity contribution in [3.8, 4) is 11.5 Å². The fourth-order valence-electron chi connectivity index (χ4n) is 2.62. The molecule has 0 spiro atoms. The van der Waals surface area contributed by atoms with Crippen LogP contribution in [-0.2, 0) is 0 Å². The number of aliphatic hydroxyl groups excluding tert-OH is 1. The Labute approximate surface area is 136 Å². The van der Waals surface area contributed by atoms with Gasteiger partial charge in [-0.2, -0.15) is 0 Å². The van der Waals surface area contributed by atoms with Gasteiger partial charge in [-0.3, -0.25) is 4.90 Å². The van der Waals surface area contributed by atoms with Crippen LogP contribution in [0, 0.1) is 0 Å². The van der Waals surface area contributed by atoms with E-state index in [0.717, 1.165) is 31.7 Å². The highest BCUT2D eigenvalue weighted by Gasteiger charge is 2.23. The Hall–Kier alpha value is -0.720. The van der Waals surface area contributed by atoms with E-state index in [4.69, 9.17) is 16.3 Å². The first-order chi connectivity index (χ1) is 9.67. The Morgan fingerprint density at radius 3 is 2.62 bits per heavy atom. The first-order valence-electron chi connectivity index (χ1n) is 6.79. The van der Waals surface area contributed by atoms with Gasteiger partial charge in [0.25, 0.3) is 0 Å². The smallest absolute Gasteiger partial charge is 0.176 e. The quantitative estimate of drug-likeness (QED) is 0.765. The maximum atomic E-state index is 9.81. The number of benzene rings is 1. The van der Waals surface area contributed by atoms with Gasteiger partial charge in [-0.1, -0.05) is 11.6 Å². The second kappa shape index (κ2) is 8.66. The molecular weight excluding hydrogens is 315 g/mol. The van der Waals surface area contributed by atoms with Gasteiger partial charge in [0.2, 0.25) is 0 Å². The second-order valence-corrected chi connectivity index (χ2v) is 5.27. The minimum Gasteiger partial charge on any atom is -0.503 e. The van der Waals surface area contributed by atoms with E-state index < -0.39 is 0 Å². The molecule has 0 unspecified atom stereocenters. The van der Waals surface area contributed by atoms with E-state index in [0.29, 0.717) is 12.2 Å². The lowest BCUT2D eigenvalue weighted by molar-refractivity contribution is 0.141. The van der Waals surface area contributed by atoms with Gasteiger partial charge in [0, 0.05) is 38.8 Å². The third kappa shape index (κ3) is 4.37. The summed E-state index contributed by atoms with van der Waals surface area (Å²) in [6.45, 7) is 3.82. The molecule has 7 heteroatoms. The Balaban J connectivity index is 0.00000220. The maximum absolute atomic E-state index is 9.81. The van der Waals surface area contributed by atoms with Crippen molar-refractivity contribution in [3.63, 3.8) is 0 Å². The number of aliphatic hydroxyl groups is 1. The molecule has 1 saturated heterocycles. The highest BCUT2D eigenvalue weighted by atomic mass is 35.5. The lowest BCUT2D eigenvalue weighted by Crippen LogP contribution is -2.45. The topological polar surface area (TPSA) is 65.0 Å². The molecule has 1 aromatic rings. The van der Waals surface area contributed by atoms with E-state index >= 15 is 0 Å². The van der Waals surface area contributed by atoms with Gasteiger partial charge in [0.15, 0.2) is 11.5 Å². The van der Waals surface area contributed by atoms with E-state index in [2.05, 4.69) is 10.2 Å². The van der Waals surface area contributed by atoms with Crippen LogP contribution in [0.5, 0.6) is 11.5 Å². The van der Waals surface area contributed by atoms with E-state index in [1.807, 2.05) is 0 Å². The number of nitrogens with zero attached hydrogens (tertiary/aromatic N) is 1. The first-order valence-corrected chi connectivity index (χ1v) is 7.17. The molecule has 1 aliphatic heterocycles. The number of hydrogen-bond donors (Lipinski definition) is 3. The molecule has 1 heterocycles. The molecule has 120 valence electrons. The fraction of sp³-hybridized carbons (Fsp3) is 0.571. The minimum absolute atomic E-state index is 0. The zero-order chi connectivity index (χ0) is 14.5. The number of piperazine rings is 1. The summed E-state index contributed by atoms with van der Waals surface area (Å²) in [6.07, 6.45) is 0.629. The number of phenolic OH excluding ortho intramolecular Hbond substituents is 1. The number of phenols is 1. The van der Waals surface area contributed by atoms with Crippen molar-refractivity contribution >= 4 is 24.0 Å². The molecule has 1 aromatic carbocycles. The summed E-state index contributed by atoms with van der Waals surface area (Å²) >= 11 is 6.06. The number of halogens is 2. The molecule has 0 saturated carbocycles. The molecular formula is C14H22Cl2N2O3. The predicted octanol–water partition coefficient (Wildman–Crippen LogP) is 1.80. The third-order valence-corrected chi connectivity index (χ3v) is 3.94. The average molecular weight is 337 g/mol. The molecule has 1 fully saturated rings. The first kappa shape index (κ1) is 18.3. The SMILES string of the molecule is COc1cc([C@@H](CCO)N2CCNCC2)cc(Cl)c1O.Cl. The fourth-order valence-corrected chi connectivity index (χ4v) is 2.84. The Morgan fingerprint density at radius 1 is 1.38 bits per heavy atom. The van der Waals surface area contributed by atoms with Crippen molar-refractivity contribution in [2.45, 2.75) is 12.5 Å². The third-order valence-electron chi connectivity index (χ3n) is 3.65. The zero-order valence-corrected chi connectivity index (χ0v) is 13.6. The summed E-state index contributed by atoms with van der Waals surface area (Å²) in [5.74, 6) is 0.326. The lowest BCUT2D eigenvalue weighted by Gasteiger charge is -2.35. The van der Waals surface area contributed by atoms with Crippen molar-refractivity contribution in [2.75, 3.05) is 39.9 Å². The molecule has 0 amide bonds. The standard InChI is InChI=1S/C14H21ClN2O3.ClH/c1-20-13-9-10(8-11(15)14(13)19)12(2-7-18)17-5-3-16-4-6-17;/h8-9,12,16,18-19H,2-7H2,1H3;1H/t12-;/m1./s1. The van der Waals surface area contributed by atoms with Gasteiger partial charge in [-0.05, 0) is 24.1 Å². The number of aromatic hydroxyl groups is 1.